The van der Waals surface area contributed by atoms with Gasteiger partial charge in [0.2, 0.25) is 5.91 Å². The molecule has 0 saturated heterocycles. The lowest BCUT2D eigenvalue weighted by Crippen LogP contribution is -2.36. The normalized spacial score (nSPS) is 12.8. The number of fused-ring (bicyclic) bond motifs is 1. The summed E-state index contributed by atoms with van der Waals surface area (Å²) in [5.41, 5.74) is 2.56. The van der Waals surface area contributed by atoms with Gasteiger partial charge in [0.05, 0.1) is 17.9 Å². The third-order valence-electron chi connectivity index (χ3n) is 6.05. The molecule has 4 aromatic rings. The molecule has 0 bridgehead atoms. The number of aromatic nitrogens is 3. The molecule has 0 radical (unpaired) electrons. The molecule has 188 valence electrons. The molecular formula is C27H23F2N5O2S. The summed E-state index contributed by atoms with van der Waals surface area (Å²) in [6, 6.07) is 19.3. The number of hydrogen-bond donors (Lipinski definition) is 1. The fraction of sp³-hybridized carbons (Fsp3) is 0.185. The molecule has 10 heteroatoms. The van der Waals surface area contributed by atoms with Crippen LogP contribution >= 0.6 is 11.8 Å². The van der Waals surface area contributed by atoms with Crippen molar-refractivity contribution in [2.45, 2.75) is 24.5 Å². The number of benzene rings is 3. The van der Waals surface area contributed by atoms with Crippen molar-refractivity contribution in [3.63, 3.8) is 0 Å². The number of thioether (sulfide) groups is 1. The molecule has 0 fully saturated rings. The zero-order valence-corrected chi connectivity index (χ0v) is 20.5. The minimum absolute atomic E-state index is 0.0500. The van der Waals surface area contributed by atoms with E-state index >= 15 is 0 Å². The van der Waals surface area contributed by atoms with Crippen molar-refractivity contribution in [3.8, 4) is 5.69 Å². The van der Waals surface area contributed by atoms with E-state index in [1.54, 1.807) is 27.7 Å². The number of rotatable bonds is 7. The standard InChI is InChI=1S/C27H23F2N5O2S/c28-19-11-13-20(14-12-19)34-24(16-30-26(36)21-8-2-3-9-22(21)29)31-32-27(34)37-17-25(35)33-15-5-7-18-6-1-4-10-23(18)33/h1-4,6,8-14H,5,7,15-17H2,(H,30,36). The smallest absolute Gasteiger partial charge is 0.254 e. The Morgan fingerprint density at radius 2 is 1.70 bits per heavy atom. The van der Waals surface area contributed by atoms with Crippen LogP contribution < -0.4 is 10.2 Å². The van der Waals surface area contributed by atoms with Crippen LogP contribution in [0.4, 0.5) is 14.5 Å². The number of para-hydroxylation sites is 1. The Labute approximate surface area is 216 Å². The van der Waals surface area contributed by atoms with Crippen LogP contribution in [0.3, 0.4) is 0 Å². The van der Waals surface area contributed by atoms with Crippen molar-refractivity contribution >= 4 is 29.3 Å². The Hall–Kier alpha value is -4.05. The molecule has 1 aromatic heterocycles. The van der Waals surface area contributed by atoms with Gasteiger partial charge in [-0.15, -0.1) is 10.2 Å². The zero-order valence-electron chi connectivity index (χ0n) is 19.7. The number of amides is 2. The molecule has 1 aliphatic rings. The molecule has 7 nitrogen and oxygen atoms in total. The van der Waals surface area contributed by atoms with Gasteiger partial charge >= 0.3 is 0 Å². The summed E-state index contributed by atoms with van der Waals surface area (Å²) < 4.78 is 29.3. The van der Waals surface area contributed by atoms with E-state index in [2.05, 4.69) is 15.5 Å². The van der Waals surface area contributed by atoms with E-state index < -0.39 is 17.5 Å². The van der Waals surface area contributed by atoms with Crippen LogP contribution in [-0.2, 0) is 17.8 Å². The maximum atomic E-state index is 14.0. The highest BCUT2D eigenvalue weighted by Crippen LogP contribution is 2.29. The van der Waals surface area contributed by atoms with E-state index in [0.717, 1.165) is 24.1 Å². The van der Waals surface area contributed by atoms with Crippen molar-refractivity contribution in [2.75, 3.05) is 17.2 Å². The summed E-state index contributed by atoms with van der Waals surface area (Å²) in [7, 11) is 0. The molecule has 0 unspecified atom stereocenters. The van der Waals surface area contributed by atoms with Crippen LogP contribution in [-0.4, -0.2) is 38.9 Å². The van der Waals surface area contributed by atoms with E-state index in [-0.39, 0.29) is 23.8 Å². The Balaban J connectivity index is 1.35. The van der Waals surface area contributed by atoms with Crippen molar-refractivity contribution in [3.05, 3.63) is 101 Å². The second-order valence-corrected chi connectivity index (χ2v) is 9.38. The predicted octanol–water partition coefficient (Wildman–Crippen LogP) is 4.55. The number of carbonyl (C=O) groups excluding carboxylic acids is 2. The highest BCUT2D eigenvalue weighted by Gasteiger charge is 2.24. The van der Waals surface area contributed by atoms with Crippen LogP contribution in [0.1, 0.15) is 28.2 Å². The third-order valence-corrected chi connectivity index (χ3v) is 6.96. The lowest BCUT2D eigenvalue weighted by Gasteiger charge is -2.29. The van der Waals surface area contributed by atoms with Crippen molar-refractivity contribution in [1.82, 2.24) is 20.1 Å². The fourth-order valence-corrected chi connectivity index (χ4v) is 5.10. The van der Waals surface area contributed by atoms with Gasteiger partial charge in [0.25, 0.3) is 5.91 Å². The predicted molar refractivity (Wildman–Crippen MR) is 137 cm³/mol. The molecule has 37 heavy (non-hydrogen) atoms. The Morgan fingerprint density at radius 1 is 0.946 bits per heavy atom. The van der Waals surface area contributed by atoms with E-state index in [9.17, 15) is 18.4 Å². The van der Waals surface area contributed by atoms with E-state index in [0.29, 0.717) is 23.2 Å². The molecule has 0 spiro atoms. The first-order valence-corrected chi connectivity index (χ1v) is 12.7. The second kappa shape index (κ2) is 10.9. The number of hydrogen-bond acceptors (Lipinski definition) is 5. The largest absolute Gasteiger partial charge is 0.345 e. The molecule has 2 heterocycles. The minimum atomic E-state index is -0.631. The molecule has 1 N–H and O–H groups in total. The maximum Gasteiger partial charge on any atom is 0.254 e. The van der Waals surface area contributed by atoms with Gasteiger partial charge in [0, 0.05) is 17.9 Å². The van der Waals surface area contributed by atoms with Crippen LogP contribution in [0.5, 0.6) is 0 Å². The topological polar surface area (TPSA) is 80.1 Å². The van der Waals surface area contributed by atoms with Gasteiger partial charge in [-0.25, -0.2) is 8.78 Å². The van der Waals surface area contributed by atoms with Crippen LogP contribution in [0.25, 0.3) is 5.69 Å². The van der Waals surface area contributed by atoms with Crippen molar-refractivity contribution < 1.29 is 18.4 Å². The molecule has 0 saturated carbocycles. The third kappa shape index (κ3) is 5.39. The van der Waals surface area contributed by atoms with Gasteiger partial charge in [-0.05, 0) is 60.9 Å². The molecule has 1 aliphatic heterocycles. The molecule has 0 aliphatic carbocycles. The number of carbonyl (C=O) groups is 2. The number of halogens is 2. The lowest BCUT2D eigenvalue weighted by molar-refractivity contribution is -0.116. The highest BCUT2D eigenvalue weighted by atomic mass is 32.2. The summed E-state index contributed by atoms with van der Waals surface area (Å²) in [6.07, 6.45) is 1.83. The highest BCUT2D eigenvalue weighted by molar-refractivity contribution is 7.99. The summed E-state index contributed by atoms with van der Waals surface area (Å²) >= 11 is 1.21. The van der Waals surface area contributed by atoms with Gasteiger partial charge < -0.3 is 10.2 Å². The summed E-state index contributed by atoms with van der Waals surface area (Å²) in [5, 5.41) is 11.5. The Kier molecular flexibility index (Phi) is 7.27. The molecular weight excluding hydrogens is 496 g/mol. The zero-order chi connectivity index (χ0) is 25.8. The SMILES string of the molecule is O=C(NCc1nnc(SCC(=O)N2CCCc3ccccc32)n1-c1ccc(F)cc1)c1ccccc1F. The van der Waals surface area contributed by atoms with Crippen LogP contribution in [0, 0.1) is 11.6 Å². The average Bonchev–Trinajstić information content (AvgIpc) is 3.33. The van der Waals surface area contributed by atoms with Crippen LogP contribution in [0.15, 0.2) is 78.0 Å². The summed E-state index contributed by atoms with van der Waals surface area (Å²) in [5.74, 6) is -1.21. The van der Waals surface area contributed by atoms with Gasteiger partial charge in [-0.3, -0.25) is 14.2 Å². The van der Waals surface area contributed by atoms with Gasteiger partial charge in [-0.2, -0.15) is 0 Å². The summed E-state index contributed by atoms with van der Waals surface area (Å²) in [6.45, 7) is 0.597. The maximum absolute atomic E-state index is 14.0. The van der Waals surface area contributed by atoms with Gasteiger partial charge in [-0.1, -0.05) is 42.1 Å². The number of aryl methyl sites for hydroxylation is 1. The molecule has 2 amide bonds. The summed E-state index contributed by atoms with van der Waals surface area (Å²) in [4.78, 5) is 27.4. The Bertz CT molecular complexity index is 1440. The number of nitrogens with one attached hydrogen (secondary N) is 1. The van der Waals surface area contributed by atoms with Crippen LogP contribution in [0.2, 0.25) is 0 Å². The lowest BCUT2D eigenvalue weighted by atomic mass is 10.0. The van der Waals surface area contributed by atoms with Crippen molar-refractivity contribution in [2.24, 2.45) is 0 Å². The second-order valence-electron chi connectivity index (χ2n) is 8.44. The monoisotopic (exact) mass is 519 g/mol. The van der Waals surface area contributed by atoms with Crippen molar-refractivity contribution in [1.29, 1.82) is 0 Å². The van der Waals surface area contributed by atoms with E-state index in [4.69, 9.17) is 0 Å². The Morgan fingerprint density at radius 3 is 2.51 bits per heavy atom. The fourth-order valence-electron chi connectivity index (χ4n) is 4.25. The molecule has 0 atom stereocenters. The van der Waals surface area contributed by atoms with Gasteiger partial charge in [0.15, 0.2) is 11.0 Å². The molecule has 5 rings (SSSR count). The minimum Gasteiger partial charge on any atom is -0.345 e. The first-order valence-electron chi connectivity index (χ1n) is 11.8. The number of nitrogens with zero attached hydrogens (tertiary/aromatic N) is 4. The van der Waals surface area contributed by atoms with E-state index in [1.807, 2.05) is 24.3 Å². The average molecular weight is 520 g/mol. The van der Waals surface area contributed by atoms with E-state index in [1.165, 1.54) is 42.1 Å². The first-order chi connectivity index (χ1) is 18.0. The quantitative estimate of drug-likeness (QED) is 0.363. The number of anilines is 1. The molecule has 3 aromatic carbocycles. The van der Waals surface area contributed by atoms with Gasteiger partial charge in [0.1, 0.15) is 11.6 Å². The first kappa shape index (κ1) is 24.6.